The molecule has 100 valence electrons. The van der Waals surface area contributed by atoms with Gasteiger partial charge in [-0.2, -0.15) is 0 Å². The number of nitrogens with one attached hydrogen (secondary N) is 1. The molecule has 0 fully saturated rings. The van der Waals surface area contributed by atoms with Gasteiger partial charge in [0.2, 0.25) is 0 Å². The van der Waals surface area contributed by atoms with Crippen LogP contribution in [0.1, 0.15) is 21.8 Å². The molecule has 1 aromatic heterocycles. The molecule has 5 heteroatoms. The van der Waals surface area contributed by atoms with E-state index in [9.17, 15) is 4.79 Å². The van der Waals surface area contributed by atoms with Crippen LogP contribution in [0.25, 0.3) is 0 Å². The molecule has 5 nitrogen and oxygen atoms in total. The first-order valence-electron chi connectivity index (χ1n) is 6.04. The van der Waals surface area contributed by atoms with Gasteiger partial charge in [-0.15, -0.1) is 0 Å². The highest BCUT2D eigenvalue weighted by atomic mass is 16.5. The summed E-state index contributed by atoms with van der Waals surface area (Å²) in [6, 6.07) is 9.25. The molecule has 0 unspecified atom stereocenters. The maximum atomic E-state index is 11.7. The summed E-state index contributed by atoms with van der Waals surface area (Å²) in [5.41, 5.74) is 2.47. The largest absolute Gasteiger partial charge is 0.379 e. The summed E-state index contributed by atoms with van der Waals surface area (Å²) in [6.07, 6.45) is 0. The highest BCUT2D eigenvalue weighted by Crippen LogP contribution is 2.12. The number of aromatic nitrogens is 1. The van der Waals surface area contributed by atoms with E-state index in [-0.39, 0.29) is 5.91 Å². The highest BCUT2D eigenvalue weighted by Gasteiger charge is 2.07. The van der Waals surface area contributed by atoms with Crippen molar-refractivity contribution < 1.29 is 9.32 Å². The number of anilines is 1. The molecule has 19 heavy (non-hydrogen) atoms. The maximum absolute atomic E-state index is 11.7. The second kappa shape index (κ2) is 5.56. The zero-order valence-corrected chi connectivity index (χ0v) is 11.3. The molecule has 0 aliphatic heterocycles. The molecular formula is C14H17N3O2. The fraction of sp³-hybridized carbons (Fsp3) is 0.286. The van der Waals surface area contributed by atoms with Crippen LogP contribution in [-0.2, 0) is 6.54 Å². The predicted molar refractivity (Wildman–Crippen MR) is 73.0 cm³/mol. The molecule has 1 amide bonds. The van der Waals surface area contributed by atoms with Crippen LogP contribution in [-0.4, -0.2) is 30.1 Å². The molecule has 1 N–H and O–H groups in total. The number of carbonyl (C=O) groups is 1. The van der Waals surface area contributed by atoms with Crippen molar-refractivity contribution in [1.29, 1.82) is 0 Å². The van der Waals surface area contributed by atoms with Crippen molar-refractivity contribution in [3.63, 3.8) is 0 Å². The molecule has 0 aliphatic carbocycles. The summed E-state index contributed by atoms with van der Waals surface area (Å²) in [4.78, 5) is 13.3. The van der Waals surface area contributed by atoms with E-state index < -0.39 is 0 Å². The SMILES string of the molecule is Cc1cc(CNc2ccc(C(=O)N(C)C)cc2)no1. The number of benzene rings is 1. The molecule has 0 aliphatic rings. The molecule has 1 aromatic carbocycles. The van der Waals surface area contributed by atoms with Gasteiger partial charge < -0.3 is 14.7 Å². The average molecular weight is 259 g/mol. The van der Waals surface area contributed by atoms with Crippen LogP contribution in [0, 0.1) is 6.92 Å². The Morgan fingerprint density at radius 1 is 1.32 bits per heavy atom. The first-order valence-corrected chi connectivity index (χ1v) is 6.04. The van der Waals surface area contributed by atoms with Crippen LogP contribution in [0.2, 0.25) is 0 Å². The number of carbonyl (C=O) groups excluding carboxylic acids is 1. The summed E-state index contributed by atoms with van der Waals surface area (Å²) in [5, 5.41) is 7.12. The van der Waals surface area contributed by atoms with Crippen LogP contribution in [0.4, 0.5) is 5.69 Å². The van der Waals surface area contributed by atoms with Crippen LogP contribution in [0.5, 0.6) is 0 Å². The third kappa shape index (κ3) is 3.34. The molecule has 0 atom stereocenters. The minimum absolute atomic E-state index is 0.00123. The normalized spacial score (nSPS) is 10.3. The second-order valence-electron chi connectivity index (χ2n) is 4.56. The number of aryl methyl sites for hydroxylation is 1. The predicted octanol–water partition coefficient (Wildman–Crippen LogP) is 2.30. The number of nitrogens with zero attached hydrogens (tertiary/aromatic N) is 2. The molecule has 0 saturated carbocycles. The van der Waals surface area contributed by atoms with Crippen molar-refractivity contribution in [2.45, 2.75) is 13.5 Å². The van der Waals surface area contributed by atoms with Gasteiger partial charge in [-0.3, -0.25) is 4.79 Å². The summed E-state index contributed by atoms with van der Waals surface area (Å²) >= 11 is 0. The van der Waals surface area contributed by atoms with Crippen molar-refractivity contribution in [3.05, 3.63) is 47.3 Å². The van der Waals surface area contributed by atoms with Gasteiger partial charge in [0.25, 0.3) is 5.91 Å². The number of hydrogen-bond donors (Lipinski definition) is 1. The lowest BCUT2D eigenvalue weighted by Crippen LogP contribution is -2.21. The summed E-state index contributed by atoms with van der Waals surface area (Å²) in [6.45, 7) is 2.45. The Morgan fingerprint density at radius 2 is 2.00 bits per heavy atom. The monoisotopic (exact) mass is 259 g/mol. The van der Waals surface area contributed by atoms with Gasteiger partial charge in [0, 0.05) is 31.4 Å². The summed E-state index contributed by atoms with van der Waals surface area (Å²) in [7, 11) is 3.48. The van der Waals surface area contributed by atoms with Crippen molar-refractivity contribution in [1.82, 2.24) is 10.1 Å². The Labute approximate surface area is 112 Å². The molecule has 0 saturated heterocycles. The minimum Gasteiger partial charge on any atom is -0.379 e. The molecule has 2 aromatic rings. The highest BCUT2D eigenvalue weighted by molar-refractivity contribution is 5.94. The van der Waals surface area contributed by atoms with E-state index in [1.165, 1.54) is 0 Å². The molecule has 0 radical (unpaired) electrons. The van der Waals surface area contributed by atoms with Gasteiger partial charge in [-0.1, -0.05) is 5.16 Å². The molecular weight excluding hydrogens is 242 g/mol. The van der Waals surface area contributed by atoms with Crippen LogP contribution in [0.3, 0.4) is 0 Å². The lowest BCUT2D eigenvalue weighted by atomic mass is 10.2. The van der Waals surface area contributed by atoms with E-state index in [1.807, 2.05) is 25.1 Å². The van der Waals surface area contributed by atoms with Crippen molar-refractivity contribution in [2.75, 3.05) is 19.4 Å². The smallest absolute Gasteiger partial charge is 0.253 e. The van der Waals surface area contributed by atoms with Gasteiger partial charge >= 0.3 is 0 Å². The second-order valence-corrected chi connectivity index (χ2v) is 4.56. The average Bonchev–Trinajstić information content (AvgIpc) is 2.82. The standard InChI is InChI=1S/C14H17N3O2/c1-10-8-13(16-19-10)9-15-12-6-4-11(5-7-12)14(18)17(2)3/h4-8,15H,9H2,1-3H3. The summed E-state index contributed by atoms with van der Waals surface area (Å²) < 4.78 is 4.99. The van der Waals surface area contributed by atoms with Crippen molar-refractivity contribution in [3.8, 4) is 0 Å². The van der Waals surface area contributed by atoms with E-state index in [0.29, 0.717) is 12.1 Å². The lowest BCUT2D eigenvalue weighted by molar-refractivity contribution is 0.0827. The first-order chi connectivity index (χ1) is 9.06. The quantitative estimate of drug-likeness (QED) is 0.915. The number of hydrogen-bond acceptors (Lipinski definition) is 4. The van der Waals surface area contributed by atoms with Gasteiger partial charge in [-0.25, -0.2) is 0 Å². The zero-order chi connectivity index (χ0) is 13.8. The van der Waals surface area contributed by atoms with E-state index in [1.54, 1.807) is 31.1 Å². The lowest BCUT2D eigenvalue weighted by Gasteiger charge is -2.10. The molecule has 2 rings (SSSR count). The maximum Gasteiger partial charge on any atom is 0.253 e. The van der Waals surface area contributed by atoms with Gasteiger partial charge in [0.1, 0.15) is 11.5 Å². The van der Waals surface area contributed by atoms with Crippen LogP contribution in [0.15, 0.2) is 34.9 Å². The minimum atomic E-state index is -0.00123. The molecule has 0 bridgehead atoms. The number of amides is 1. The third-order valence-corrected chi connectivity index (χ3v) is 2.69. The summed E-state index contributed by atoms with van der Waals surface area (Å²) in [5.74, 6) is 0.794. The van der Waals surface area contributed by atoms with Gasteiger partial charge in [0.15, 0.2) is 0 Å². The van der Waals surface area contributed by atoms with Gasteiger partial charge in [0.05, 0.1) is 6.54 Å². The van der Waals surface area contributed by atoms with Crippen LogP contribution < -0.4 is 5.32 Å². The van der Waals surface area contributed by atoms with E-state index in [4.69, 9.17) is 4.52 Å². The van der Waals surface area contributed by atoms with E-state index >= 15 is 0 Å². The molecule has 0 spiro atoms. The Balaban J connectivity index is 1.97. The van der Waals surface area contributed by atoms with Crippen molar-refractivity contribution in [2.24, 2.45) is 0 Å². The number of rotatable bonds is 4. The van der Waals surface area contributed by atoms with Gasteiger partial charge in [-0.05, 0) is 31.2 Å². The fourth-order valence-electron chi connectivity index (χ4n) is 1.68. The Kier molecular flexibility index (Phi) is 3.85. The third-order valence-electron chi connectivity index (χ3n) is 2.69. The zero-order valence-electron chi connectivity index (χ0n) is 11.3. The van der Waals surface area contributed by atoms with E-state index in [0.717, 1.165) is 17.1 Å². The Hall–Kier alpha value is -2.30. The Bertz CT molecular complexity index is 558. The topological polar surface area (TPSA) is 58.4 Å². The van der Waals surface area contributed by atoms with Crippen molar-refractivity contribution >= 4 is 11.6 Å². The van der Waals surface area contributed by atoms with E-state index in [2.05, 4.69) is 10.5 Å². The molecule has 1 heterocycles. The fourth-order valence-corrected chi connectivity index (χ4v) is 1.68. The first kappa shape index (κ1) is 13.1. The van der Waals surface area contributed by atoms with Crippen LogP contribution >= 0.6 is 0 Å². The Morgan fingerprint density at radius 3 is 2.53 bits per heavy atom.